The summed E-state index contributed by atoms with van der Waals surface area (Å²) in [6.07, 6.45) is 5.33. The summed E-state index contributed by atoms with van der Waals surface area (Å²) in [7, 11) is 1.89. The van der Waals surface area contributed by atoms with Crippen LogP contribution in [0, 0.1) is 0 Å². The third-order valence-electron chi connectivity index (χ3n) is 3.03. The smallest absolute Gasteiger partial charge is 0.157 e. The molecule has 0 aliphatic heterocycles. The number of hydrogen-bond acceptors (Lipinski definition) is 5. The van der Waals surface area contributed by atoms with Crippen molar-refractivity contribution in [1.29, 1.82) is 0 Å². The number of nitrogens with zero attached hydrogens (tertiary/aromatic N) is 2. The predicted octanol–water partition coefficient (Wildman–Crippen LogP) is 3.09. The molecule has 1 aromatic heterocycles. The molecule has 4 nitrogen and oxygen atoms in total. The molecule has 1 saturated carbocycles. The van der Waals surface area contributed by atoms with Crippen LogP contribution in [-0.2, 0) is 11.3 Å². The SMILES string of the molecule is CCOCc1nc(NC)cc(SC2CCCC2)n1. The van der Waals surface area contributed by atoms with E-state index in [2.05, 4.69) is 15.3 Å². The number of rotatable bonds is 6. The van der Waals surface area contributed by atoms with E-state index in [1.165, 1.54) is 25.7 Å². The van der Waals surface area contributed by atoms with E-state index in [0.717, 1.165) is 21.9 Å². The van der Waals surface area contributed by atoms with Crippen LogP contribution >= 0.6 is 11.8 Å². The molecule has 0 amide bonds. The van der Waals surface area contributed by atoms with Gasteiger partial charge < -0.3 is 10.1 Å². The zero-order valence-electron chi connectivity index (χ0n) is 11.1. The van der Waals surface area contributed by atoms with Crippen molar-refractivity contribution in [3.63, 3.8) is 0 Å². The highest BCUT2D eigenvalue weighted by atomic mass is 32.2. The Balaban J connectivity index is 2.06. The summed E-state index contributed by atoms with van der Waals surface area (Å²) >= 11 is 1.88. The second-order valence-electron chi connectivity index (χ2n) is 4.42. The predicted molar refractivity (Wildman–Crippen MR) is 75.0 cm³/mol. The van der Waals surface area contributed by atoms with Crippen molar-refractivity contribution in [2.24, 2.45) is 0 Å². The van der Waals surface area contributed by atoms with Crippen LogP contribution in [0.1, 0.15) is 38.4 Å². The van der Waals surface area contributed by atoms with Crippen LogP contribution < -0.4 is 5.32 Å². The molecule has 0 saturated heterocycles. The summed E-state index contributed by atoms with van der Waals surface area (Å²) in [5.41, 5.74) is 0. The fourth-order valence-corrected chi connectivity index (χ4v) is 3.34. The van der Waals surface area contributed by atoms with E-state index in [9.17, 15) is 0 Å². The van der Waals surface area contributed by atoms with Crippen LogP contribution in [0.2, 0.25) is 0 Å². The number of thioether (sulfide) groups is 1. The first-order valence-corrected chi connectivity index (χ1v) is 7.50. The average molecular weight is 267 g/mol. The Morgan fingerprint density at radius 2 is 2.17 bits per heavy atom. The summed E-state index contributed by atoms with van der Waals surface area (Å²) in [6, 6.07) is 2.03. The van der Waals surface area contributed by atoms with Crippen molar-refractivity contribution in [3.8, 4) is 0 Å². The summed E-state index contributed by atoms with van der Waals surface area (Å²) in [6.45, 7) is 3.17. The second-order valence-corrected chi connectivity index (χ2v) is 5.74. The number of anilines is 1. The maximum atomic E-state index is 5.38. The van der Waals surface area contributed by atoms with Gasteiger partial charge in [0.1, 0.15) is 17.5 Å². The minimum atomic E-state index is 0.490. The molecule has 2 rings (SSSR count). The molecule has 100 valence electrons. The molecule has 18 heavy (non-hydrogen) atoms. The van der Waals surface area contributed by atoms with E-state index in [-0.39, 0.29) is 0 Å². The molecule has 0 bridgehead atoms. The molecule has 1 N–H and O–H groups in total. The first-order chi connectivity index (χ1) is 8.81. The molecule has 0 radical (unpaired) electrons. The van der Waals surface area contributed by atoms with Crippen molar-refractivity contribution >= 4 is 17.6 Å². The number of ether oxygens (including phenoxy) is 1. The van der Waals surface area contributed by atoms with Gasteiger partial charge in [0.05, 0.1) is 0 Å². The van der Waals surface area contributed by atoms with Crippen LogP contribution in [0.15, 0.2) is 11.1 Å². The van der Waals surface area contributed by atoms with E-state index in [0.29, 0.717) is 13.2 Å². The molecular formula is C13H21N3OS. The molecule has 0 unspecified atom stereocenters. The topological polar surface area (TPSA) is 47.0 Å². The third-order valence-corrected chi connectivity index (χ3v) is 4.29. The van der Waals surface area contributed by atoms with Gasteiger partial charge >= 0.3 is 0 Å². The van der Waals surface area contributed by atoms with Gasteiger partial charge in [-0.25, -0.2) is 9.97 Å². The lowest BCUT2D eigenvalue weighted by atomic mass is 10.4. The second kappa shape index (κ2) is 6.95. The largest absolute Gasteiger partial charge is 0.374 e. The highest BCUT2D eigenvalue weighted by Crippen LogP contribution is 2.34. The van der Waals surface area contributed by atoms with Crippen LogP contribution in [0.25, 0.3) is 0 Å². The Morgan fingerprint density at radius 3 is 2.83 bits per heavy atom. The molecule has 0 atom stereocenters. The molecule has 1 aliphatic carbocycles. The van der Waals surface area contributed by atoms with Crippen molar-refractivity contribution in [2.75, 3.05) is 19.0 Å². The van der Waals surface area contributed by atoms with Gasteiger partial charge in [0.15, 0.2) is 5.82 Å². The summed E-state index contributed by atoms with van der Waals surface area (Å²) in [4.78, 5) is 8.97. The molecule has 0 aromatic carbocycles. The summed E-state index contributed by atoms with van der Waals surface area (Å²) < 4.78 is 5.38. The first kappa shape index (κ1) is 13.6. The maximum Gasteiger partial charge on any atom is 0.157 e. The highest BCUT2D eigenvalue weighted by molar-refractivity contribution is 7.99. The lowest BCUT2D eigenvalue weighted by molar-refractivity contribution is 0.128. The number of nitrogens with one attached hydrogen (secondary N) is 1. The lowest BCUT2D eigenvalue weighted by Crippen LogP contribution is -2.05. The zero-order valence-corrected chi connectivity index (χ0v) is 11.9. The Kier molecular flexibility index (Phi) is 5.26. The van der Waals surface area contributed by atoms with Crippen molar-refractivity contribution in [3.05, 3.63) is 11.9 Å². The van der Waals surface area contributed by atoms with Gasteiger partial charge in [0, 0.05) is 25.0 Å². The fourth-order valence-electron chi connectivity index (χ4n) is 2.10. The van der Waals surface area contributed by atoms with E-state index in [1.807, 2.05) is 31.8 Å². The lowest BCUT2D eigenvalue weighted by Gasteiger charge is -2.11. The van der Waals surface area contributed by atoms with Crippen LogP contribution in [0.5, 0.6) is 0 Å². The molecule has 1 fully saturated rings. The maximum absolute atomic E-state index is 5.38. The van der Waals surface area contributed by atoms with E-state index in [4.69, 9.17) is 4.74 Å². The van der Waals surface area contributed by atoms with Crippen molar-refractivity contribution < 1.29 is 4.74 Å². The number of hydrogen-bond donors (Lipinski definition) is 1. The van der Waals surface area contributed by atoms with Crippen molar-refractivity contribution in [1.82, 2.24) is 9.97 Å². The highest BCUT2D eigenvalue weighted by Gasteiger charge is 2.17. The Morgan fingerprint density at radius 1 is 1.39 bits per heavy atom. The Bertz CT molecular complexity index is 380. The van der Waals surface area contributed by atoms with Crippen LogP contribution in [0.3, 0.4) is 0 Å². The van der Waals surface area contributed by atoms with Gasteiger partial charge in [0.25, 0.3) is 0 Å². The van der Waals surface area contributed by atoms with Gasteiger partial charge in [-0.15, -0.1) is 11.8 Å². The molecule has 5 heteroatoms. The summed E-state index contributed by atoms with van der Waals surface area (Å²) in [5, 5.41) is 4.88. The molecular weight excluding hydrogens is 246 g/mol. The van der Waals surface area contributed by atoms with Gasteiger partial charge in [-0.3, -0.25) is 0 Å². The van der Waals surface area contributed by atoms with Gasteiger partial charge in [0.2, 0.25) is 0 Å². The van der Waals surface area contributed by atoms with Crippen LogP contribution in [0.4, 0.5) is 5.82 Å². The number of aromatic nitrogens is 2. The van der Waals surface area contributed by atoms with Gasteiger partial charge in [-0.1, -0.05) is 12.8 Å². The zero-order chi connectivity index (χ0) is 12.8. The Labute approximate surface area is 113 Å². The fraction of sp³-hybridized carbons (Fsp3) is 0.692. The first-order valence-electron chi connectivity index (χ1n) is 6.62. The average Bonchev–Trinajstić information content (AvgIpc) is 2.89. The normalized spacial score (nSPS) is 16.1. The standard InChI is InChI=1S/C13H21N3OS/c1-3-17-9-12-15-11(14-2)8-13(16-12)18-10-6-4-5-7-10/h8,10H,3-7,9H2,1-2H3,(H,14,15,16). The van der Waals surface area contributed by atoms with Gasteiger partial charge in [-0.2, -0.15) is 0 Å². The van der Waals surface area contributed by atoms with Crippen LogP contribution in [-0.4, -0.2) is 28.9 Å². The van der Waals surface area contributed by atoms with E-state index < -0.39 is 0 Å². The minimum Gasteiger partial charge on any atom is -0.374 e. The summed E-state index contributed by atoms with van der Waals surface area (Å²) in [5.74, 6) is 1.64. The monoisotopic (exact) mass is 267 g/mol. The quantitative estimate of drug-likeness (QED) is 0.803. The minimum absolute atomic E-state index is 0.490. The Hall–Kier alpha value is -0.810. The van der Waals surface area contributed by atoms with Gasteiger partial charge in [-0.05, 0) is 19.8 Å². The van der Waals surface area contributed by atoms with E-state index >= 15 is 0 Å². The molecule has 1 aromatic rings. The molecule has 0 spiro atoms. The molecule has 1 heterocycles. The third kappa shape index (κ3) is 3.85. The van der Waals surface area contributed by atoms with E-state index in [1.54, 1.807) is 0 Å². The molecule has 1 aliphatic rings. The van der Waals surface area contributed by atoms with Crippen molar-refractivity contribution in [2.45, 2.75) is 49.5 Å².